The molecule has 1 aliphatic carbocycles. The predicted molar refractivity (Wildman–Crippen MR) is 71.5 cm³/mol. The molecule has 0 saturated heterocycles. The van der Waals surface area contributed by atoms with Gasteiger partial charge in [0.1, 0.15) is 11.5 Å². The molecule has 2 N–H and O–H groups in total. The standard InChI is InChI=1S/C13H16N6O/c20-12(16-9-3-1-2-4-9)7-11-17-13(19-18-11)10-8-14-5-6-15-10/h5-6,8-9H,1-4,7H2,(H,16,20)(H,17,18,19). The van der Waals surface area contributed by atoms with E-state index in [0.29, 0.717) is 23.4 Å². The number of H-pyrrole nitrogens is 1. The largest absolute Gasteiger partial charge is 0.353 e. The number of aromatic amines is 1. The Morgan fingerprint density at radius 1 is 1.35 bits per heavy atom. The van der Waals surface area contributed by atoms with Crippen LogP contribution in [-0.4, -0.2) is 37.1 Å². The van der Waals surface area contributed by atoms with E-state index in [1.54, 1.807) is 18.6 Å². The normalized spacial score (nSPS) is 15.4. The van der Waals surface area contributed by atoms with Gasteiger partial charge < -0.3 is 5.32 Å². The number of amides is 1. The molecule has 7 heteroatoms. The number of aromatic nitrogens is 5. The smallest absolute Gasteiger partial charge is 0.227 e. The molecule has 1 fully saturated rings. The van der Waals surface area contributed by atoms with Crippen LogP contribution < -0.4 is 5.32 Å². The van der Waals surface area contributed by atoms with Crippen LogP contribution in [0.5, 0.6) is 0 Å². The molecule has 104 valence electrons. The number of rotatable bonds is 4. The van der Waals surface area contributed by atoms with Gasteiger partial charge in [-0.3, -0.25) is 14.9 Å². The Labute approximate surface area is 116 Å². The van der Waals surface area contributed by atoms with Crippen LogP contribution >= 0.6 is 0 Å². The molecule has 0 atom stereocenters. The third-order valence-electron chi connectivity index (χ3n) is 3.37. The second-order valence-electron chi connectivity index (χ2n) is 4.92. The topological polar surface area (TPSA) is 96.4 Å². The second-order valence-corrected chi connectivity index (χ2v) is 4.92. The molecular weight excluding hydrogens is 256 g/mol. The van der Waals surface area contributed by atoms with Crippen LogP contribution in [0.2, 0.25) is 0 Å². The van der Waals surface area contributed by atoms with Gasteiger partial charge in [-0.25, -0.2) is 9.97 Å². The van der Waals surface area contributed by atoms with E-state index in [0.717, 1.165) is 12.8 Å². The summed E-state index contributed by atoms with van der Waals surface area (Å²) in [5, 5.41) is 9.84. The molecule has 0 bridgehead atoms. The van der Waals surface area contributed by atoms with Gasteiger partial charge in [0.15, 0.2) is 0 Å². The van der Waals surface area contributed by atoms with E-state index in [1.807, 2.05) is 0 Å². The molecule has 3 rings (SSSR count). The third-order valence-corrected chi connectivity index (χ3v) is 3.37. The molecular formula is C13H16N6O. The Kier molecular flexibility index (Phi) is 3.67. The summed E-state index contributed by atoms with van der Waals surface area (Å²) in [6.07, 6.45) is 9.52. The maximum absolute atomic E-state index is 11.9. The zero-order chi connectivity index (χ0) is 13.8. The molecule has 2 aromatic heterocycles. The zero-order valence-electron chi connectivity index (χ0n) is 11.0. The lowest BCUT2D eigenvalue weighted by molar-refractivity contribution is -0.121. The first-order chi connectivity index (χ1) is 9.81. The Hall–Kier alpha value is -2.31. The predicted octanol–water partition coefficient (Wildman–Crippen LogP) is 0.863. The van der Waals surface area contributed by atoms with Gasteiger partial charge in [-0.15, -0.1) is 0 Å². The summed E-state index contributed by atoms with van der Waals surface area (Å²) in [6.45, 7) is 0. The maximum Gasteiger partial charge on any atom is 0.227 e. The number of nitrogens with one attached hydrogen (secondary N) is 2. The highest BCUT2D eigenvalue weighted by Gasteiger charge is 2.18. The molecule has 2 heterocycles. The fraction of sp³-hybridized carbons (Fsp3) is 0.462. The highest BCUT2D eigenvalue weighted by Crippen LogP contribution is 2.17. The van der Waals surface area contributed by atoms with Crippen LogP contribution in [0.15, 0.2) is 18.6 Å². The highest BCUT2D eigenvalue weighted by atomic mass is 16.1. The molecule has 0 radical (unpaired) electrons. The van der Waals surface area contributed by atoms with Crippen molar-refractivity contribution in [1.82, 2.24) is 30.5 Å². The van der Waals surface area contributed by atoms with Crippen molar-refractivity contribution in [2.24, 2.45) is 0 Å². The summed E-state index contributed by atoms with van der Waals surface area (Å²) in [5.41, 5.74) is 0.589. The molecule has 1 aliphatic rings. The minimum atomic E-state index is -0.0151. The molecule has 1 amide bonds. The maximum atomic E-state index is 11.9. The first-order valence-electron chi connectivity index (χ1n) is 6.78. The number of carbonyl (C=O) groups is 1. The van der Waals surface area contributed by atoms with Gasteiger partial charge in [0, 0.05) is 18.4 Å². The summed E-state index contributed by atoms with van der Waals surface area (Å²) in [4.78, 5) is 24.2. The van der Waals surface area contributed by atoms with E-state index in [1.165, 1.54) is 12.8 Å². The van der Waals surface area contributed by atoms with Crippen LogP contribution in [0.1, 0.15) is 31.5 Å². The van der Waals surface area contributed by atoms with Crippen molar-refractivity contribution in [3.8, 4) is 11.5 Å². The minimum Gasteiger partial charge on any atom is -0.353 e. The number of hydrogen-bond donors (Lipinski definition) is 2. The van der Waals surface area contributed by atoms with Crippen LogP contribution in [0.3, 0.4) is 0 Å². The second kappa shape index (κ2) is 5.77. The monoisotopic (exact) mass is 272 g/mol. The van der Waals surface area contributed by atoms with Gasteiger partial charge in [0.2, 0.25) is 11.7 Å². The van der Waals surface area contributed by atoms with E-state index in [9.17, 15) is 4.79 Å². The third kappa shape index (κ3) is 2.98. The van der Waals surface area contributed by atoms with Crippen molar-refractivity contribution in [2.75, 3.05) is 0 Å². The van der Waals surface area contributed by atoms with Crippen molar-refractivity contribution in [3.63, 3.8) is 0 Å². The molecule has 7 nitrogen and oxygen atoms in total. The van der Waals surface area contributed by atoms with Crippen LogP contribution in [0.25, 0.3) is 11.5 Å². The van der Waals surface area contributed by atoms with E-state index >= 15 is 0 Å². The lowest BCUT2D eigenvalue weighted by Crippen LogP contribution is -2.33. The SMILES string of the molecule is O=C(Cc1nc(-c2cnccn2)n[nH]1)NC1CCCC1. The van der Waals surface area contributed by atoms with Crippen molar-refractivity contribution in [1.29, 1.82) is 0 Å². The van der Waals surface area contributed by atoms with Crippen LogP contribution in [-0.2, 0) is 11.2 Å². The Bertz CT molecular complexity index is 576. The van der Waals surface area contributed by atoms with Gasteiger partial charge in [-0.05, 0) is 12.8 Å². The number of carbonyl (C=O) groups excluding carboxylic acids is 1. The highest BCUT2D eigenvalue weighted by molar-refractivity contribution is 5.78. The van der Waals surface area contributed by atoms with E-state index in [2.05, 4.69) is 30.5 Å². The number of nitrogens with zero attached hydrogens (tertiary/aromatic N) is 4. The van der Waals surface area contributed by atoms with Crippen molar-refractivity contribution in [2.45, 2.75) is 38.1 Å². The lowest BCUT2D eigenvalue weighted by Gasteiger charge is -2.10. The van der Waals surface area contributed by atoms with Gasteiger partial charge in [-0.2, -0.15) is 5.10 Å². The van der Waals surface area contributed by atoms with E-state index in [4.69, 9.17) is 0 Å². The molecule has 2 aromatic rings. The molecule has 0 spiro atoms. The fourth-order valence-electron chi connectivity index (χ4n) is 2.40. The molecule has 0 unspecified atom stereocenters. The molecule has 1 saturated carbocycles. The Morgan fingerprint density at radius 2 is 2.20 bits per heavy atom. The van der Waals surface area contributed by atoms with Gasteiger partial charge >= 0.3 is 0 Å². The van der Waals surface area contributed by atoms with E-state index < -0.39 is 0 Å². The van der Waals surface area contributed by atoms with E-state index in [-0.39, 0.29) is 12.3 Å². The first-order valence-corrected chi connectivity index (χ1v) is 6.78. The van der Waals surface area contributed by atoms with Crippen molar-refractivity contribution < 1.29 is 4.79 Å². The first kappa shape index (κ1) is 12.7. The summed E-state index contributed by atoms with van der Waals surface area (Å²) in [6, 6.07) is 0.324. The summed E-state index contributed by atoms with van der Waals surface area (Å²) in [5.74, 6) is 0.988. The minimum absolute atomic E-state index is 0.0151. The van der Waals surface area contributed by atoms with Crippen LogP contribution in [0.4, 0.5) is 0 Å². The summed E-state index contributed by atoms with van der Waals surface area (Å²) >= 11 is 0. The quantitative estimate of drug-likeness (QED) is 0.860. The summed E-state index contributed by atoms with van der Waals surface area (Å²) < 4.78 is 0. The Balaban J connectivity index is 1.61. The van der Waals surface area contributed by atoms with Gasteiger partial charge in [0.05, 0.1) is 12.6 Å². The van der Waals surface area contributed by atoms with Crippen molar-refractivity contribution in [3.05, 3.63) is 24.4 Å². The lowest BCUT2D eigenvalue weighted by atomic mass is 10.2. The molecule has 0 aliphatic heterocycles. The molecule has 20 heavy (non-hydrogen) atoms. The fourth-order valence-corrected chi connectivity index (χ4v) is 2.40. The van der Waals surface area contributed by atoms with Gasteiger partial charge in [0.25, 0.3) is 0 Å². The van der Waals surface area contributed by atoms with Gasteiger partial charge in [-0.1, -0.05) is 12.8 Å². The molecule has 0 aromatic carbocycles. The zero-order valence-corrected chi connectivity index (χ0v) is 11.0. The Morgan fingerprint density at radius 3 is 2.95 bits per heavy atom. The van der Waals surface area contributed by atoms with Crippen molar-refractivity contribution >= 4 is 5.91 Å². The average Bonchev–Trinajstić information content (AvgIpc) is 3.11. The summed E-state index contributed by atoms with van der Waals surface area (Å²) in [7, 11) is 0. The number of hydrogen-bond acceptors (Lipinski definition) is 5. The van der Waals surface area contributed by atoms with Crippen LogP contribution in [0, 0.1) is 0 Å². The average molecular weight is 272 g/mol.